The lowest BCUT2D eigenvalue weighted by molar-refractivity contribution is 0.371. The van der Waals surface area contributed by atoms with Gasteiger partial charge in [0.1, 0.15) is 0 Å². The van der Waals surface area contributed by atoms with Gasteiger partial charge in [0.05, 0.1) is 6.20 Å². The van der Waals surface area contributed by atoms with E-state index in [0.29, 0.717) is 12.0 Å². The fourth-order valence-corrected chi connectivity index (χ4v) is 1.85. The molecular weight excluding hydrogens is 186 g/mol. The van der Waals surface area contributed by atoms with Crippen molar-refractivity contribution in [3.63, 3.8) is 0 Å². The van der Waals surface area contributed by atoms with E-state index >= 15 is 0 Å². The van der Waals surface area contributed by atoms with Gasteiger partial charge in [-0.1, -0.05) is 27.2 Å². The highest BCUT2D eigenvalue weighted by Gasteiger charge is 2.15. The first kappa shape index (κ1) is 12.2. The van der Waals surface area contributed by atoms with Crippen LogP contribution in [0.1, 0.15) is 32.8 Å². The van der Waals surface area contributed by atoms with Crippen LogP contribution in [0.3, 0.4) is 0 Å². The fraction of sp³-hybridized carbons (Fsp3) is 0.750. The molecule has 2 atom stereocenters. The number of aromatic nitrogens is 2. The van der Waals surface area contributed by atoms with Crippen molar-refractivity contribution >= 4 is 0 Å². The van der Waals surface area contributed by atoms with Gasteiger partial charge in [-0.15, -0.1) is 0 Å². The molecule has 3 nitrogen and oxygen atoms in total. The molecule has 0 aromatic carbocycles. The molecule has 1 aromatic heterocycles. The number of aryl methyl sites for hydroxylation is 1. The Bertz CT molecular complexity index is 280. The third-order valence-electron chi connectivity index (χ3n) is 3.01. The summed E-state index contributed by atoms with van der Waals surface area (Å²) in [5, 5.41) is 7.76. The zero-order chi connectivity index (χ0) is 11.3. The highest BCUT2D eigenvalue weighted by Crippen LogP contribution is 2.13. The standard InChI is InChI=1S/C12H23N3/c1-5-10(3)12(13-6-2)7-11-8-14-15(4)9-11/h8-10,12-13H,5-7H2,1-4H3. The van der Waals surface area contributed by atoms with E-state index in [2.05, 4.69) is 37.4 Å². The highest BCUT2D eigenvalue weighted by molar-refractivity contribution is 5.06. The molecule has 0 spiro atoms. The van der Waals surface area contributed by atoms with Gasteiger partial charge < -0.3 is 5.32 Å². The van der Waals surface area contributed by atoms with Crippen LogP contribution in [0.2, 0.25) is 0 Å². The van der Waals surface area contributed by atoms with Crippen molar-refractivity contribution < 1.29 is 0 Å². The summed E-state index contributed by atoms with van der Waals surface area (Å²) in [6.07, 6.45) is 6.37. The van der Waals surface area contributed by atoms with Crippen molar-refractivity contribution in [2.75, 3.05) is 6.54 Å². The first-order chi connectivity index (χ1) is 7.17. The molecule has 0 saturated carbocycles. The van der Waals surface area contributed by atoms with Gasteiger partial charge in [0.2, 0.25) is 0 Å². The number of hydrogen-bond donors (Lipinski definition) is 1. The molecule has 0 fully saturated rings. The lowest BCUT2D eigenvalue weighted by Crippen LogP contribution is -2.36. The van der Waals surface area contributed by atoms with Crippen LogP contribution in [0.5, 0.6) is 0 Å². The van der Waals surface area contributed by atoms with Crippen LogP contribution in [-0.4, -0.2) is 22.4 Å². The molecule has 0 bridgehead atoms. The Kier molecular flexibility index (Phi) is 4.82. The molecule has 0 saturated heterocycles. The van der Waals surface area contributed by atoms with Gasteiger partial charge >= 0.3 is 0 Å². The molecule has 1 heterocycles. The minimum absolute atomic E-state index is 0.573. The van der Waals surface area contributed by atoms with Crippen LogP contribution in [0.25, 0.3) is 0 Å². The van der Waals surface area contributed by atoms with Crippen molar-refractivity contribution in [2.24, 2.45) is 13.0 Å². The molecule has 0 aliphatic rings. The second kappa shape index (κ2) is 5.91. The third-order valence-corrected chi connectivity index (χ3v) is 3.01. The Morgan fingerprint density at radius 2 is 2.20 bits per heavy atom. The fourth-order valence-electron chi connectivity index (χ4n) is 1.85. The van der Waals surface area contributed by atoms with Crippen LogP contribution in [-0.2, 0) is 13.5 Å². The van der Waals surface area contributed by atoms with E-state index in [0.717, 1.165) is 13.0 Å². The third kappa shape index (κ3) is 3.67. The topological polar surface area (TPSA) is 29.9 Å². The zero-order valence-electron chi connectivity index (χ0n) is 10.3. The molecule has 0 aliphatic heterocycles. The van der Waals surface area contributed by atoms with Gasteiger partial charge in [-0.2, -0.15) is 5.10 Å². The number of nitrogens with one attached hydrogen (secondary N) is 1. The van der Waals surface area contributed by atoms with Gasteiger partial charge in [-0.05, 0) is 24.4 Å². The highest BCUT2D eigenvalue weighted by atomic mass is 15.2. The van der Waals surface area contributed by atoms with Gasteiger partial charge in [-0.25, -0.2) is 0 Å². The summed E-state index contributed by atoms with van der Waals surface area (Å²) in [4.78, 5) is 0. The molecule has 3 heteroatoms. The van der Waals surface area contributed by atoms with E-state index in [9.17, 15) is 0 Å². The van der Waals surface area contributed by atoms with E-state index in [1.165, 1.54) is 12.0 Å². The predicted molar refractivity (Wildman–Crippen MR) is 63.8 cm³/mol. The second-order valence-corrected chi connectivity index (χ2v) is 4.28. The van der Waals surface area contributed by atoms with E-state index in [1.807, 2.05) is 17.9 Å². The number of likely N-dealkylation sites (N-methyl/N-ethyl adjacent to an activating group) is 1. The van der Waals surface area contributed by atoms with Crippen LogP contribution < -0.4 is 5.32 Å². The van der Waals surface area contributed by atoms with E-state index < -0.39 is 0 Å². The maximum atomic E-state index is 4.20. The summed E-state index contributed by atoms with van der Waals surface area (Å²) in [7, 11) is 1.97. The SMILES string of the molecule is CCNC(Cc1cnn(C)c1)C(C)CC. The number of rotatable bonds is 6. The average molecular weight is 209 g/mol. The Morgan fingerprint density at radius 1 is 1.47 bits per heavy atom. The van der Waals surface area contributed by atoms with E-state index in [1.54, 1.807) is 0 Å². The maximum absolute atomic E-state index is 4.20. The summed E-state index contributed by atoms with van der Waals surface area (Å²) in [6, 6.07) is 0.573. The molecule has 2 unspecified atom stereocenters. The van der Waals surface area contributed by atoms with Crippen LogP contribution in [0.15, 0.2) is 12.4 Å². The zero-order valence-corrected chi connectivity index (χ0v) is 10.3. The van der Waals surface area contributed by atoms with E-state index in [-0.39, 0.29) is 0 Å². The molecule has 0 amide bonds. The minimum atomic E-state index is 0.573. The predicted octanol–water partition coefficient (Wildman–Crippen LogP) is 1.99. The molecule has 15 heavy (non-hydrogen) atoms. The van der Waals surface area contributed by atoms with Crippen LogP contribution in [0.4, 0.5) is 0 Å². The first-order valence-electron chi connectivity index (χ1n) is 5.88. The smallest absolute Gasteiger partial charge is 0.0522 e. The summed E-state index contributed by atoms with van der Waals surface area (Å²) in [6.45, 7) is 7.76. The van der Waals surface area contributed by atoms with Crippen molar-refractivity contribution in [3.8, 4) is 0 Å². The molecule has 1 rings (SSSR count). The quantitative estimate of drug-likeness (QED) is 0.776. The van der Waals surface area contributed by atoms with Crippen molar-refractivity contribution in [1.82, 2.24) is 15.1 Å². The maximum Gasteiger partial charge on any atom is 0.0522 e. The number of nitrogens with zero attached hydrogens (tertiary/aromatic N) is 2. The van der Waals surface area contributed by atoms with Gasteiger partial charge in [0.15, 0.2) is 0 Å². The first-order valence-corrected chi connectivity index (χ1v) is 5.88. The summed E-state index contributed by atoms with van der Waals surface area (Å²) in [5.41, 5.74) is 1.32. The molecule has 1 aromatic rings. The normalized spacial score (nSPS) is 15.2. The largest absolute Gasteiger partial charge is 0.314 e. The molecule has 1 N–H and O–H groups in total. The Morgan fingerprint density at radius 3 is 2.67 bits per heavy atom. The van der Waals surface area contributed by atoms with E-state index in [4.69, 9.17) is 0 Å². The summed E-state index contributed by atoms with van der Waals surface area (Å²) >= 11 is 0. The Hall–Kier alpha value is -0.830. The molecule has 86 valence electrons. The summed E-state index contributed by atoms with van der Waals surface area (Å²) < 4.78 is 1.87. The van der Waals surface area contributed by atoms with Crippen molar-refractivity contribution in [1.29, 1.82) is 0 Å². The number of hydrogen-bond acceptors (Lipinski definition) is 2. The molecular formula is C12H23N3. The summed E-state index contributed by atoms with van der Waals surface area (Å²) in [5.74, 6) is 0.713. The molecule has 0 aliphatic carbocycles. The molecule has 0 radical (unpaired) electrons. The second-order valence-electron chi connectivity index (χ2n) is 4.28. The minimum Gasteiger partial charge on any atom is -0.314 e. The van der Waals surface area contributed by atoms with Gasteiger partial charge in [-0.3, -0.25) is 4.68 Å². The average Bonchev–Trinajstić information content (AvgIpc) is 2.62. The van der Waals surface area contributed by atoms with Gasteiger partial charge in [0.25, 0.3) is 0 Å². The lowest BCUT2D eigenvalue weighted by atomic mass is 9.94. The van der Waals surface area contributed by atoms with Gasteiger partial charge in [0, 0.05) is 19.3 Å². The lowest BCUT2D eigenvalue weighted by Gasteiger charge is -2.23. The van der Waals surface area contributed by atoms with Crippen LogP contribution >= 0.6 is 0 Å². The van der Waals surface area contributed by atoms with Crippen molar-refractivity contribution in [3.05, 3.63) is 18.0 Å². The van der Waals surface area contributed by atoms with Crippen molar-refractivity contribution in [2.45, 2.75) is 39.7 Å². The van der Waals surface area contributed by atoms with Crippen LogP contribution in [0, 0.1) is 5.92 Å². The Balaban J connectivity index is 2.57. The Labute approximate surface area is 92.9 Å². The monoisotopic (exact) mass is 209 g/mol.